The Kier molecular flexibility index (Phi) is 10.9. The minimum absolute atomic E-state index is 0.0566. The summed E-state index contributed by atoms with van der Waals surface area (Å²) in [6.07, 6.45) is 0. The maximum atomic E-state index is 12.3. The molecule has 2 aliphatic rings. The molecule has 0 saturated heterocycles. The van der Waals surface area contributed by atoms with Crippen molar-refractivity contribution in [1.29, 1.82) is 15.8 Å². The largest absolute Gasteiger partial charge is 0.382 e. The van der Waals surface area contributed by atoms with Crippen LogP contribution in [0.2, 0.25) is 19.6 Å². The van der Waals surface area contributed by atoms with Gasteiger partial charge in [-0.1, -0.05) is 126 Å². The Balaban J connectivity index is 0.000000141. The van der Waals surface area contributed by atoms with Crippen LogP contribution in [0.25, 0.3) is 26.4 Å². The van der Waals surface area contributed by atoms with E-state index in [1.54, 1.807) is 36.4 Å². The van der Waals surface area contributed by atoms with Gasteiger partial charge < -0.3 is 4.43 Å². The molecule has 7 aromatic rings. The third kappa shape index (κ3) is 7.20. The smallest absolute Gasteiger partial charge is 0.343 e. The molecule has 61 heavy (non-hydrogen) atoms. The molecule has 8 heteroatoms. The first-order valence-electron chi connectivity index (χ1n) is 19.9. The Labute approximate surface area is 357 Å². The predicted molar refractivity (Wildman–Crippen MR) is 242 cm³/mol. The lowest BCUT2D eigenvalue weighted by Crippen LogP contribution is -2.46. The standard InChI is InChI=1S/C21H22N2OSi.C17H10N2.C15H10O2/c1-15-11-12-18-19(13-15)20(2,14-22)16-9-7-8-10-17(16)21(18,23-3)24-25(4,5)6;1-11-6-7-14-15(8-11)17(10-19)13-5-3-2-4-12(13)16(14)9-18;1-9-6-7-12-13(8-9)15(17)11-5-3-2-4-10(11)14(12)16/h7-13H,1-2,4-6H3;2-8H,1H3;2-8H,1H3. The van der Waals surface area contributed by atoms with Gasteiger partial charge in [-0.2, -0.15) is 15.8 Å². The molecule has 0 N–H and O–H groups in total. The molecular formula is C53H42N4O3Si. The van der Waals surface area contributed by atoms with Crippen molar-refractivity contribution in [2.75, 3.05) is 0 Å². The summed E-state index contributed by atoms with van der Waals surface area (Å²) >= 11 is 0. The Morgan fingerprint density at radius 1 is 0.541 bits per heavy atom. The molecule has 0 amide bonds. The minimum atomic E-state index is -2.04. The molecule has 0 radical (unpaired) electrons. The van der Waals surface area contributed by atoms with Crippen LogP contribution >= 0.6 is 0 Å². The second-order valence-electron chi connectivity index (χ2n) is 16.6. The van der Waals surface area contributed by atoms with Gasteiger partial charge in [0.15, 0.2) is 19.9 Å². The average molecular weight is 811 g/mol. The first-order valence-corrected chi connectivity index (χ1v) is 23.3. The van der Waals surface area contributed by atoms with Crippen molar-refractivity contribution in [2.45, 2.75) is 58.5 Å². The van der Waals surface area contributed by atoms with Crippen molar-refractivity contribution in [2.24, 2.45) is 0 Å². The van der Waals surface area contributed by atoms with Gasteiger partial charge in [-0.15, -0.1) is 0 Å². The van der Waals surface area contributed by atoms with Crippen molar-refractivity contribution in [3.63, 3.8) is 0 Å². The van der Waals surface area contributed by atoms with Crippen LogP contribution in [0.1, 0.15) is 88.8 Å². The van der Waals surface area contributed by atoms with Gasteiger partial charge >= 0.3 is 5.72 Å². The van der Waals surface area contributed by atoms with Crippen molar-refractivity contribution in [1.82, 2.24) is 0 Å². The van der Waals surface area contributed by atoms with E-state index < -0.39 is 19.5 Å². The molecule has 296 valence electrons. The molecule has 0 heterocycles. The first kappa shape index (κ1) is 41.7. The third-order valence-corrected chi connectivity index (χ3v) is 12.1. The summed E-state index contributed by atoms with van der Waals surface area (Å²) in [4.78, 5) is 28.5. The fraction of sp³-hybridized carbons (Fsp3) is 0.170. The van der Waals surface area contributed by atoms with Gasteiger partial charge in [-0.3, -0.25) is 14.4 Å². The van der Waals surface area contributed by atoms with E-state index in [1.807, 2.05) is 119 Å². The molecule has 2 atom stereocenters. The molecule has 7 aromatic carbocycles. The molecule has 0 bridgehead atoms. The number of hydrogen-bond acceptors (Lipinski definition) is 6. The van der Waals surface area contributed by atoms with Crippen LogP contribution in [0, 0.1) is 61.3 Å². The van der Waals surface area contributed by atoms with E-state index in [0.29, 0.717) is 33.4 Å². The predicted octanol–water partition coefficient (Wildman–Crippen LogP) is 11.9. The number of benzene rings is 7. The van der Waals surface area contributed by atoms with Crippen LogP contribution in [-0.4, -0.2) is 19.9 Å². The van der Waals surface area contributed by atoms with Gasteiger partial charge in [-0.25, -0.2) is 6.57 Å². The molecule has 0 saturated carbocycles. The highest BCUT2D eigenvalue weighted by Gasteiger charge is 2.56. The van der Waals surface area contributed by atoms with Gasteiger partial charge in [0.2, 0.25) is 0 Å². The number of ketones is 2. The number of hydrogen-bond donors (Lipinski definition) is 0. The Morgan fingerprint density at radius 3 is 1.59 bits per heavy atom. The van der Waals surface area contributed by atoms with Crippen molar-refractivity contribution < 1.29 is 14.0 Å². The van der Waals surface area contributed by atoms with Gasteiger partial charge in [0.05, 0.1) is 28.3 Å². The van der Waals surface area contributed by atoms with Crippen molar-refractivity contribution in [3.05, 3.63) is 211 Å². The SMILES string of the molecule is Cc1ccc2c(C#N)c3ccccc3c(C#N)c2c1.Cc1ccc2c(c1)C(=O)c1ccccc1C2=O.[C-]#[N+]C1(O[Si](C)(C)C)c2ccccc2C(C)(C#N)c2cc(C)ccc21. The molecule has 0 fully saturated rings. The molecule has 0 aromatic heterocycles. The van der Waals surface area contributed by atoms with Crippen LogP contribution in [0.4, 0.5) is 0 Å². The van der Waals surface area contributed by atoms with Crippen LogP contribution < -0.4 is 0 Å². The quantitative estimate of drug-likeness (QED) is 0.0974. The molecular weight excluding hydrogens is 769 g/mol. The van der Waals surface area contributed by atoms with Crippen molar-refractivity contribution >= 4 is 41.4 Å². The maximum absolute atomic E-state index is 12.3. The van der Waals surface area contributed by atoms with E-state index in [1.165, 1.54) is 0 Å². The number of fused-ring (bicyclic) bond motifs is 6. The Bertz CT molecular complexity index is 3150. The van der Waals surface area contributed by atoms with E-state index in [2.05, 4.69) is 42.7 Å². The topological polar surface area (TPSA) is 119 Å². The van der Waals surface area contributed by atoms with E-state index in [-0.39, 0.29) is 11.6 Å². The van der Waals surface area contributed by atoms with E-state index in [4.69, 9.17) is 11.0 Å². The highest BCUT2D eigenvalue weighted by Crippen LogP contribution is 2.52. The average Bonchev–Trinajstić information content (AvgIpc) is 3.26. The molecule has 0 spiro atoms. The summed E-state index contributed by atoms with van der Waals surface area (Å²) in [6.45, 7) is 22.2. The summed E-state index contributed by atoms with van der Waals surface area (Å²) in [6, 6.07) is 46.6. The number of nitrogens with zero attached hydrogens (tertiary/aromatic N) is 4. The fourth-order valence-electron chi connectivity index (χ4n) is 8.44. The third-order valence-electron chi connectivity index (χ3n) is 11.2. The number of rotatable bonds is 2. The zero-order chi connectivity index (χ0) is 43.9. The monoisotopic (exact) mass is 810 g/mol. The summed E-state index contributed by atoms with van der Waals surface area (Å²) in [5.41, 5.74) is 7.86. The summed E-state index contributed by atoms with van der Waals surface area (Å²) in [5, 5.41) is 32.3. The maximum Gasteiger partial charge on any atom is 0.382 e. The number of aryl methyl sites for hydroxylation is 3. The first-order chi connectivity index (χ1) is 29.1. The van der Waals surface area contributed by atoms with Gasteiger partial charge in [0.1, 0.15) is 17.6 Å². The Morgan fingerprint density at radius 2 is 1.00 bits per heavy atom. The van der Waals surface area contributed by atoms with Crippen LogP contribution in [-0.2, 0) is 15.6 Å². The lowest BCUT2D eigenvalue weighted by atomic mass is 9.65. The van der Waals surface area contributed by atoms with Crippen LogP contribution in [0.3, 0.4) is 0 Å². The second kappa shape index (κ2) is 15.9. The van der Waals surface area contributed by atoms with Crippen LogP contribution in [0.15, 0.2) is 127 Å². The lowest BCUT2D eigenvalue weighted by Gasteiger charge is -2.40. The lowest BCUT2D eigenvalue weighted by molar-refractivity contribution is 0.0979. The van der Waals surface area contributed by atoms with Crippen LogP contribution in [0.5, 0.6) is 0 Å². The zero-order valence-corrected chi connectivity index (χ0v) is 36.1. The molecule has 2 unspecified atom stereocenters. The highest BCUT2D eigenvalue weighted by molar-refractivity contribution is 6.69. The number of carbonyl (C=O) groups excluding carboxylic acids is 2. The number of carbonyl (C=O) groups is 2. The molecule has 0 aliphatic heterocycles. The van der Waals surface area contributed by atoms with Gasteiger partial charge in [0.25, 0.3) is 0 Å². The van der Waals surface area contributed by atoms with E-state index >= 15 is 0 Å². The van der Waals surface area contributed by atoms with E-state index in [9.17, 15) is 25.4 Å². The van der Waals surface area contributed by atoms with Gasteiger partial charge in [0, 0.05) is 43.8 Å². The normalized spacial score (nSPS) is 17.0. The molecule has 2 aliphatic carbocycles. The zero-order valence-electron chi connectivity index (χ0n) is 35.1. The number of nitriles is 3. The summed E-state index contributed by atoms with van der Waals surface area (Å²) in [5.74, 6) is -0.117. The molecule has 7 nitrogen and oxygen atoms in total. The minimum Gasteiger partial charge on any atom is -0.343 e. The van der Waals surface area contributed by atoms with Crippen molar-refractivity contribution in [3.8, 4) is 18.2 Å². The van der Waals surface area contributed by atoms with E-state index in [0.717, 1.165) is 60.5 Å². The molecule has 9 rings (SSSR count). The summed E-state index contributed by atoms with van der Waals surface area (Å²) in [7, 11) is -2.04. The Hall–Kier alpha value is -7.46. The fourth-order valence-corrected chi connectivity index (χ4v) is 9.59. The van der Waals surface area contributed by atoms with Gasteiger partial charge in [-0.05, 0) is 76.7 Å². The second-order valence-corrected chi connectivity index (χ2v) is 21.1. The highest BCUT2D eigenvalue weighted by atomic mass is 28.4. The summed E-state index contributed by atoms with van der Waals surface area (Å²) < 4.78 is 6.52.